The second-order valence-corrected chi connectivity index (χ2v) is 7.01. The van der Waals surface area contributed by atoms with E-state index in [2.05, 4.69) is 4.74 Å². The monoisotopic (exact) mass is 365 g/mol. The highest BCUT2D eigenvalue weighted by molar-refractivity contribution is 7.86. The minimum Gasteiger partial charge on any atom is -0.478 e. The number of hydrogen-bond acceptors (Lipinski definition) is 6. The van der Waals surface area contributed by atoms with Gasteiger partial charge in [-0.3, -0.25) is 4.18 Å². The van der Waals surface area contributed by atoms with Crippen LogP contribution >= 0.6 is 0 Å². The lowest BCUT2D eigenvalue weighted by Crippen LogP contribution is -2.34. The van der Waals surface area contributed by atoms with E-state index in [1.807, 2.05) is 0 Å². The summed E-state index contributed by atoms with van der Waals surface area (Å²) in [6.07, 6.45) is 0.424. The molecule has 1 aliphatic heterocycles. The van der Waals surface area contributed by atoms with Crippen molar-refractivity contribution in [2.24, 2.45) is 0 Å². The topological polar surface area (TPSA) is 93.1 Å². The van der Waals surface area contributed by atoms with Crippen LogP contribution in [0.1, 0.15) is 16.8 Å². The van der Waals surface area contributed by atoms with E-state index < -0.39 is 34.8 Å². The van der Waals surface area contributed by atoms with Gasteiger partial charge < -0.3 is 14.7 Å². The molecule has 2 rings (SSSR count). The Morgan fingerprint density at radius 3 is 2.50 bits per heavy atom. The quantitative estimate of drug-likeness (QED) is 0.733. The van der Waals surface area contributed by atoms with Gasteiger partial charge in [-0.05, 0) is 30.7 Å². The number of benzene rings is 1. The highest BCUT2D eigenvalue weighted by Crippen LogP contribution is 2.29. The number of anilines is 1. The number of carboxylic acid groups (broad SMARTS) is 1. The van der Waals surface area contributed by atoms with Crippen LogP contribution in [0, 0.1) is 0 Å². The van der Waals surface area contributed by atoms with Crippen LogP contribution in [0.15, 0.2) is 24.3 Å². The molecule has 2 atom stereocenters. The predicted molar refractivity (Wildman–Crippen MR) is 80.8 cm³/mol. The average molecular weight is 365 g/mol. The molecule has 0 aromatic heterocycles. The molecule has 1 heterocycles. The van der Waals surface area contributed by atoms with Gasteiger partial charge in [0.05, 0.1) is 30.6 Å². The summed E-state index contributed by atoms with van der Waals surface area (Å²) in [5.41, 5.74) is 0.657. The summed E-state index contributed by atoms with van der Waals surface area (Å²) in [5, 5.41) is 8.90. The lowest BCUT2D eigenvalue weighted by atomic mass is 10.1. The molecule has 1 aromatic rings. The number of rotatable bonds is 7. The van der Waals surface area contributed by atoms with Crippen molar-refractivity contribution in [1.82, 2.24) is 0 Å². The third kappa shape index (κ3) is 5.11. The van der Waals surface area contributed by atoms with Crippen molar-refractivity contribution in [2.45, 2.75) is 25.2 Å². The van der Waals surface area contributed by atoms with E-state index >= 15 is 0 Å². The van der Waals surface area contributed by atoms with E-state index in [1.54, 1.807) is 4.90 Å². The van der Waals surface area contributed by atoms with Gasteiger partial charge in [0.15, 0.2) is 0 Å². The van der Waals surface area contributed by atoms with Gasteiger partial charge in [-0.15, -0.1) is 0 Å². The van der Waals surface area contributed by atoms with Crippen LogP contribution < -0.4 is 4.90 Å². The Labute approximate surface area is 137 Å². The number of aromatic carboxylic acids is 1. The first-order chi connectivity index (χ1) is 11.2. The Hall–Kier alpha value is -1.78. The molecular weight excluding hydrogens is 348 g/mol. The number of alkyl halides is 2. The van der Waals surface area contributed by atoms with Gasteiger partial charge in [-0.1, -0.05) is 0 Å². The van der Waals surface area contributed by atoms with Crippen LogP contribution in [-0.4, -0.2) is 57.7 Å². The van der Waals surface area contributed by atoms with Crippen molar-refractivity contribution in [2.75, 3.05) is 24.3 Å². The molecule has 0 amide bonds. The van der Waals surface area contributed by atoms with E-state index in [9.17, 15) is 22.0 Å². The van der Waals surface area contributed by atoms with Crippen molar-refractivity contribution in [3.63, 3.8) is 0 Å². The van der Waals surface area contributed by atoms with E-state index in [1.165, 1.54) is 24.3 Å². The Bertz CT molecular complexity index is 679. The Morgan fingerprint density at radius 1 is 1.38 bits per heavy atom. The summed E-state index contributed by atoms with van der Waals surface area (Å²) in [6.45, 7) is -3.07. The molecule has 0 saturated carbocycles. The SMILES string of the molecule is CS(=O)(=O)O[C@@H]1C[C@@H](COC(F)F)N(c2ccc(C(=O)O)cc2)C1. The van der Waals surface area contributed by atoms with Gasteiger partial charge in [0.25, 0.3) is 10.1 Å². The van der Waals surface area contributed by atoms with Crippen molar-refractivity contribution in [1.29, 1.82) is 0 Å². The van der Waals surface area contributed by atoms with Crippen LogP contribution in [0.25, 0.3) is 0 Å². The first-order valence-electron chi connectivity index (χ1n) is 7.03. The number of nitrogens with zero attached hydrogens (tertiary/aromatic N) is 1. The second kappa shape index (κ2) is 7.41. The summed E-state index contributed by atoms with van der Waals surface area (Å²) in [7, 11) is -3.68. The summed E-state index contributed by atoms with van der Waals surface area (Å²) in [6, 6.07) is 5.31. The van der Waals surface area contributed by atoms with Gasteiger partial charge >= 0.3 is 12.6 Å². The lowest BCUT2D eigenvalue weighted by molar-refractivity contribution is -0.131. The normalized spacial score (nSPS) is 21.4. The van der Waals surface area contributed by atoms with Gasteiger partial charge in [-0.25, -0.2) is 4.79 Å². The number of ether oxygens (including phenoxy) is 1. The maximum atomic E-state index is 12.3. The van der Waals surface area contributed by atoms with Crippen LogP contribution in [0.2, 0.25) is 0 Å². The molecule has 134 valence electrons. The van der Waals surface area contributed by atoms with Gasteiger partial charge in [0.1, 0.15) is 0 Å². The Kier molecular flexibility index (Phi) is 5.73. The molecular formula is C14H17F2NO6S. The second-order valence-electron chi connectivity index (χ2n) is 5.41. The average Bonchev–Trinajstić information content (AvgIpc) is 2.86. The zero-order chi connectivity index (χ0) is 17.9. The molecule has 0 radical (unpaired) electrons. The molecule has 0 unspecified atom stereocenters. The zero-order valence-corrected chi connectivity index (χ0v) is 13.6. The van der Waals surface area contributed by atoms with Gasteiger partial charge in [0, 0.05) is 12.2 Å². The van der Waals surface area contributed by atoms with E-state index in [-0.39, 0.29) is 25.1 Å². The molecule has 1 N–H and O–H groups in total. The molecule has 1 aromatic carbocycles. The largest absolute Gasteiger partial charge is 0.478 e. The Morgan fingerprint density at radius 2 is 2.00 bits per heavy atom. The molecule has 0 spiro atoms. The maximum Gasteiger partial charge on any atom is 0.345 e. The number of halogens is 2. The molecule has 1 aliphatic rings. The van der Waals surface area contributed by atoms with Crippen LogP contribution in [0.4, 0.5) is 14.5 Å². The molecule has 1 saturated heterocycles. The van der Waals surface area contributed by atoms with Gasteiger partial charge in [0.2, 0.25) is 0 Å². The van der Waals surface area contributed by atoms with Crippen molar-refractivity contribution in [3.8, 4) is 0 Å². The number of carboxylic acids is 1. The third-order valence-corrected chi connectivity index (χ3v) is 4.17. The van der Waals surface area contributed by atoms with E-state index in [0.717, 1.165) is 6.26 Å². The summed E-state index contributed by atoms with van der Waals surface area (Å²) < 4.78 is 56.4. The third-order valence-electron chi connectivity index (χ3n) is 3.55. The molecule has 1 fully saturated rings. The van der Waals surface area contributed by atoms with Crippen LogP contribution in [0.3, 0.4) is 0 Å². The molecule has 0 aliphatic carbocycles. The minimum absolute atomic E-state index is 0.0854. The van der Waals surface area contributed by atoms with Crippen LogP contribution in [0.5, 0.6) is 0 Å². The smallest absolute Gasteiger partial charge is 0.345 e. The van der Waals surface area contributed by atoms with Crippen molar-refractivity contribution >= 4 is 21.8 Å². The van der Waals surface area contributed by atoms with Crippen molar-refractivity contribution in [3.05, 3.63) is 29.8 Å². The molecule has 0 bridgehead atoms. The highest BCUT2D eigenvalue weighted by atomic mass is 32.2. The highest BCUT2D eigenvalue weighted by Gasteiger charge is 2.35. The van der Waals surface area contributed by atoms with Gasteiger partial charge in [-0.2, -0.15) is 17.2 Å². The summed E-state index contributed by atoms with van der Waals surface area (Å²) in [4.78, 5) is 12.6. The first-order valence-corrected chi connectivity index (χ1v) is 8.85. The number of carbonyl (C=O) groups is 1. The standard InChI is InChI=1S/C14H17F2NO6S/c1-24(20,21)23-12-6-11(8-22-14(15)16)17(7-12)10-4-2-9(3-5-10)13(18)19/h2-5,11-12,14H,6-8H2,1H3,(H,18,19)/t11-,12+/m0/s1. The lowest BCUT2D eigenvalue weighted by Gasteiger charge is -2.26. The maximum absolute atomic E-state index is 12.3. The fourth-order valence-electron chi connectivity index (χ4n) is 2.64. The number of hydrogen-bond donors (Lipinski definition) is 1. The molecule has 10 heteroatoms. The van der Waals surface area contributed by atoms with Crippen molar-refractivity contribution < 1.29 is 36.0 Å². The summed E-state index contributed by atoms with van der Waals surface area (Å²) in [5.74, 6) is -1.08. The molecule has 24 heavy (non-hydrogen) atoms. The first kappa shape index (κ1) is 18.6. The predicted octanol–water partition coefficient (Wildman–Crippen LogP) is 1.55. The fourth-order valence-corrected chi connectivity index (χ4v) is 3.28. The molecule has 7 nitrogen and oxygen atoms in total. The minimum atomic E-state index is -3.68. The van der Waals surface area contributed by atoms with Crippen LogP contribution in [-0.2, 0) is 19.0 Å². The summed E-state index contributed by atoms with van der Waals surface area (Å²) >= 11 is 0. The zero-order valence-electron chi connectivity index (χ0n) is 12.8. The Balaban J connectivity index is 2.17. The van der Waals surface area contributed by atoms with E-state index in [4.69, 9.17) is 9.29 Å². The van der Waals surface area contributed by atoms with E-state index in [0.29, 0.717) is 5.69 Å². The fraction of sp³-hybridized carbons (Fsp3) is 0.500.